The summed E-state index contributed by atoms with van der Waals surface area (Å²) in [7, 11) is 2.17. The number of rotatable bonds is 8. The largest absolute Gasteiger partial charge is 0.465 e. The van der Waals surface area contributed by atoms with Gasteiger partial charge in [0, 0.05) is 12.6 Å². The van der Waals surface area contributed by atoms with Crippen LogP contribution in [-0.2, 0) is 19.5 Å². The van der Waals surface area contributed by atoms with Crippen molar-refractivity contribution >= 4 is 22.0 Å². The molecular formula is C18H28N2O6S. The molecule has 8 nitrogen and oxygen atoms in total. The lowest BCUT2D eigenvalue weighted by atomic mass is 9.85. The molecule has 0 fully saturated rings. The Balaban J connectivity index is 3.32. The number of sulfonamides is 1. The summed E-state index contributed by atoms with van der Waals surface area (Å²) in [6, 6.07) is 3.17. The van der Waals surface area contributed by atoms with E-state index in [4.69, 9.17) is 0 Å². The van der Waals surface area contributed by atoms with Gasteiger partial charge in [0.05, 0.1) is 30.2 Å². The zero-order valence-electron chi connectivity index (χ0n) is 16.8. The first-order chi connectivity index (χ1) is 12.3. The van der Waals surface area contributed by atoms with E-state index in [0.717, 1.165) is 0 Å². The van der Waals surface area contributed by atoms with E-state index in [9.17, 15) is 18.0 Å². The zero-order valence-corrected chi connectivity index (χ0v) is 17.6. The second kappa shape index (κ2) is 8.81. The fraction of sp³-hybridized carbons (Fsp3) is 0.556. The van der Waals surface area contributed by atoms with E-state index >= 15 is 0 Å². The highest BCUT2D eigenvalue weighted by atomic mass is 32.2. The Labute approximate surface area is 160 Å². The number of esters is 2. The van der Waals surface area contributed by atoms with Crippen molar-refractivity contribution in [2.75, 3.05) is 34.9 Å². The molecule has 1 N–H and O–H groups in total. The van der Waals surface area contributed by atoms with Gasteiger partial charge in [-0.3, -0.25) is 0 Å². The highest BCUT2D eigenvalue weighted by molar-refractivity contribution is 7.89. The summed E-state index contributed by atoms with van der Waals surface area (Å²) in [6.07, 6.45) is 0. The predicted octanol–water partition coefficient (Wildman–Crippen LogP) is 1.51. The lowest BCUT2D eigenvalue weighted by Crippen LogP contribution is -2.47. The van der Waals surface area contributed by atoms with Gasteiger partial charge in [0.25, 0.3) is 0 Å². The molecule has 9 heteroatoms. The molecule has 1 aromatic rings. The monoisotopic (exact) mass is 400 g/mol. The van der Waals surface area contributed by atoms with E-state index in [1.165, 1.54) is 32.4 Å². The Bertz CT molecular complexity index is 768. The number of carbonyl (C=O) groups excluding carboxylic acids is 2. The van der Waals surface area contributed by atoms with Crippen LogP contribution in [0, 0.1) is 5.41 Å². The number of ether oxygens (including phenoxy) is 2. The second-order valence-electron chi connectivity index (χ2n) is 7.30. The fourth-order valence-corrected chi connectivity index (χ4v) is 4.12. The molecule has 0 heterocycles. The minimum atomic E-state index is -3.99. The molecule has 1 rings (SSSR count). The number of nitrogens with zero attached hydrogens (tertiary/aromatic N) is 1. The van der Waals surface area contributed by atoms with Gasteiger partial charge < -0.3 is 14.4 Å². The fourth-order valence-electron chi connectivity index (χ4n) is 2.64. The van der Waals surface area contributed by atoms with Crippen LogP contribution in [0.25, 0.3) is 0 Å². The van der Waals surface area contributed by atoms with Crippen LogP contribution >= 0.6 is 0 Å². The highest BCUT2D eigenvalue weighted by Crippen LogP contribution is 2.24. The first kappa shape index (κ1) is 23.1. The van der Waals surface area contributed by atoms with Gasteiger partial charge in [0.2, 0.25) is 10.0 Å². The zero-order chi connectivity index (χ0) is 21.0. The number of nitrogens with one attached hydrogen (secondary N) is 1. The average molecular weight is 400 g/mol. The van der Waals surface area contributed by atoms with E-state index < -0.39 is 28.0 Å². The average Bonchev–Trinajstić information content (AvgIpc) is 2.58. The van der Waals surface area contributed by atoms with Crippen LogP contribution in [0.5, 0.6) is 0 Å². The van der Waals surface area contributed by atoms with Gasteiger partial charge in [0.1, 0.15) is 0 Å². The van der Waals surface area contributed by atoms with Crippen molar-refractivity contribution in [2.45, 2.75) is 31.7 Å². The van der Waals surface area contributed by atoms with Crippen LogP contribution in [0.15, 0.2) is 23.1 Å². The van der Waals surface area contributed by atoms with E-state index in [1.54, 1.807) is 6.92 Å². The number of hydrogen-bond donors (Lipinski definition) is 1. The number of benzene rings is 1. The molecule has 1 atom stereocenters. The Morgan fingerprint density at radius 1 is 1.07 bits per heavy atom. The molecule has 0 bridgehead atoms. The minimum absolute atomic E-state index is 0.0546. The van der Waals surface area contributed by atoms with Crippen LogP contribution in [0.1, 0.15) is 41.5 Å². The molecule has 1 aromatic carbocycles. The number of hydrogen-bond acceptors (Lipinski definition) is 7. The summed E-state index contributed by atoms with van der Waals surface area (Å²) >= 11 is 0. The summed E-state index contributed by atoms with van der Waals surface area (Å²) in [6.45, 7) is 6.33. The first-order valence-corrected chi connectivity index (χ1v) is 9.81. The van der Waals surface area contributed by atoms with Crippen molar-refractivity contribution in [3.63, 3.8) is 0 Å². The lowest BCUT2D eigenvalue weighted by Gasteiger charge is -2.34. The second-order valence-corrected chi connectivity index (χ2v) is 9.01. The van der Waals surface area contributed by atoms with Gasteiger partial charge in [-0.15, -0.1) is 0 Å². The van der Waals surface area contributed by atoms with E-state index in [2.05, 4.69) is 14.2 Å². The van der Waals surface area contributed by atoms with Crippen molar-refractivity contribution in [3.05, 3.63) is 29.3 Å². The third kappa shape index (κ3) is 6.02. The summed E-state index contributed by atoms with van der Waals surface area (Å²) in [5, 5.41) is 0. The van der Waals surface area contributed by atoms with Gasteiger partial charge in [-0.2, -0.15) is 0 Å². The Kier molecular flexibility index (Phi) is 7.53. The highest BCUT2D eigenvalue weighted by Gasteiger charge is 2.31. The summed E-state index contributed by atoms with van der Waals surface area (Å²) in [5.41, 5.74) is -0.469. The molecule has 27 heavy (non-hydrogen) atoms. The Hall–Kier alpha value is -1.97. The molecule has 152 valence electrons. The quantitative estimate of drug-likeness (QED) is 0.660. The van der Waals surface area contributed by atoms with Gasteiger partial charge in [0.15, 0.2) is 0 Å². The third-order valence-corrected chi connectivity index (χ3v) is 5.81. The Morgan fingerprint density at radius 2 is 1.52 bits per heavy atom. The first-order valence-electron chi connectivity index (χ1n) is 8.33. The van der Waals surface area contributed by atoms with Crippen molar-refractivity contribution < 1.29 is 27.5 Å². The van der Waals surface area contributed by atoms with Crippen molar-refractivity contribution in [3.8, 4) is 0 Å². The van der Waals surface area contributed by atoms with Crippen molar-refractivity contribution in [1.29, 1.82) is 0 Å². The summed E-state index contributed by atoms with van der Waals surface area (Å²) < 4.78 is 37.7. The number of carbonyl (C=O) groups is 2. The molecule has 0 aliphatic carbocycles. The van der Waals surface area contributed by atoms with Crippen LogP contribution in [0.2, 0.25) is 0 Å². The van der Waals surface area contributed by atoms with E-state index in [-0.39, 0.29) is 21.4 Å². The van der Waals surface area contributed by atoms with Crippen molar-refractivity contribution in [1.82, 2.24) is 9.62 Å². The van der Waals surface area contributed by atoms with Crippen LogP contribution in [0.4, 0.5) is 0 Å². The maximum atomic E-state index is 12.9. The summed E-state index contributed by atoms with van der Waals surface area (Å²) in [4.78, 5) is 25.5. The van der Waals surface area contributed by atoms with E-state index in [1.807, 2.05) is 32.8 Å². The van der Waals surface area contributed by atoms with Gasteiger partial charge in [-0.1, -0.05) is 13.8 Å². The molecule has 0 aromatic heterocycles. The molecule has 0 saturated heterocycles. The van der Waals surface area contributed by atoms with Crippen molar-refractivity contribution in [2.24, 2.45) is 5.41 Å². The molecule has 0 aliphatic heterocycles. The van der Waals surface area contributed by atoms with E-state index in [0.29, 0.717) is 6.54 Å². The topological polar surface area (TPSA) is 102 Å². The molecule has 0 saturated carbocycles. The predicted molar refractivity (Wildman–Crippen MR) is 101 cm³/mol. The standard InChI is InChI=1S/C18H28N2O6S/c1-12(18(2,3)11-20(4)5)19-27(23,24)15-9-13(16(21)25-6)8-14(10-15)17(22)26-7/h8-10,12,19H,11H2,1-7H3. The van der Waals surface area contributed by atoms with Crippen LogP contribution < -0.4 is 4.72 Å². The third-order valence-electron chi connectivity index (χ3n) is 4.29. The smallest absolute Gasteiger partial charge is 0.337 e. The summed E-state index contributed by atoms with van der Waals surface area (Å²) in [5.74, 6) is -1.50. The van der Waals surface area contributed by atoms with Gasteiger partial charge in [-0.25, -0.2) is 22.7 Å². The van der Waals surface area contributed by atoms with Gasteiger partial charge in [-0.05, 0) is 44.6 Å². The SMILES string of the molecule is COC(=O)c1cc(C(=O)OC)cc(S(=O)(=O)NC(C)C(C)(C)CN(C)C)c1. The maximum Gasteiger partial charge on any atom is 0.337 e. The maximum absolute atomic E-state index is 12.9. The molecule has 0 radical (unpaired) electrons. The van der Waals surface area contributed by atoms with Crippen LogP contribution in [-0.4, -0.2) is 66.2 Å². The molecule has 0 amide bonds. The van der Waals surface area contributed by atoms with Gasteiger partial charge >= 0.3 is 11.9 Å². The lowest BCUT2D eigenvalue weighted by molar-refractivity contribution is 0.0598. The van der Waals surface area contributed by atoms with Crippen LogP contribution in [0.3, 0.4) is 0 Å². The Morgan fingerprint density at radius 3 is 1.89 bits per heavy atom. The molecule has 0 aliphatic rings. The number of methoxy groups -OCH3 is 2. The molecular weight excluding hydrogens is 372 g/mol. The normalized spacial score (nSPS) is 13.3. The molecule has 1 unspecified atom stereocenters. The molecule has 0 spiro atoms. The minimum Gasteiger partial charge on any atom is -0.465 e.